The summed E-state index contributed by atoms with van der Waals surface area (Å²) in [7, 11) is 2.28. The Morgan fingerprint density at radius 3 is 2.62 bits per heavy atom. The van der Waals surface area contributed by atoms with E-state index in [1.165, 1.54) is 37.7 Å². The summed E-state index contributed by atoms with van der Waals surface area (Å²) in [6.07, 6.45) is 8.07. The van der Waals surface area contributed by atoms with Crippen LogP contribution >= 0.6 is 11.6 Å². The minimum atomic E-state index is 0.356. The molecule has 0 heterocycles. The molecule has 1 unspecified atom stereocenters. The molecular formula is C18H29ClN2. The molecule has 1 fully saturated rings. The van der Waals surface area contributed by atoms with Gasteiger partial charge in [-0.1, -0.05) is 56.0 Å². The van der Waals surface area contributed by atoms with Crippen molar-refractivity contribution in [3.05, 3.63) is 34.9 Å². The average molecular weight is 309 g/mol. The third-order valence-corrected chi connectivity index (χ3v) is 5.04. The van der Waals surface area contributed by atoms with Gasteiger partial charge in [0.2, 0.25) is 0 Å². The van der Waals surface area contributed by atoms with Gasteiger partial charge < -0.3 is 10.2 Å². The Bertz CT molecular complexity index is 415. The Morgan fingerprint density at radius 2 is 1.95 bits per heavy atom. The number of nitrogens with zero attached hydrogens (tertiary/aromatic N) is 1. The van der Waals surface area contributed by atoms with Crippen molar-refractivity contribution < 1.29 is 0 Å². The van der Waals surface area contributed by atoms with Crippen LogP contribution in [0.5, 0.6) is 0 Å². The second kappa shape index (κ2) is 8.77. The van der Waals surface area contributed by atoms with E-state index >= 15 is 0 Å². The molecule has 0 radical (unpaired) electrons. The SMILES string of the molecule is CCNC(CCN(C)C1CCCCC1)c1ccccc1Cl. The van der Waals surface area contributed by atoms with E-state index in [9.17, 15) is 0 Å². The molecule has 21 heavy (non-hydrogen) atoms. The highest BCUT2D eigenvalue weighted by Gasteiger charge is 2.20. The first-order chi connectivity index (χ1) is 10.2. The largest absolute Gasteiger partial charge is 0.310 e. The fourth-order valence-corrected chi connectivity index (χ4v) is 3.68. The summed E-state index contributed by atoms with van der Waals surface area (Å²) < 4.78 is 0. The second-order valence-electron chi connectivity index (χ2n) is 6.19. The van der Waals surface area contributed by atoms with Gasteiger partial charge in [0.15, 0.2) is 0 Å². The van der Waals surface area contributed by atoms with Crippen molar-refractivity contribution in [1.29, 1.82) is 0 Å². The zero-order valence-corrected chi connectivity index (χ0v) is 14.2. The number of rotatable bonds is 7. The van der Waals surface area contributed by atoms with Crippen LogP contribution in [0.25, 0.3) is 0 Å². The van der Waals surface area contributed by atoms with Crippen LogP contribution in [0.1, 0.15) is 57.1 Å². The zero-order chi connectivity index (χ0) is 15.1. The average Bonchev–Trinajstić information content (AvgIpc) is 2.53. The number of hydrogen-bond donors (Lipinski definition) is 1. The van der Waals surface area contributed by atoms with Gasteiger partial charge in [0.05, 0.1) is 0 Å². The third kappa shape index (κ3) is 4.98. The molecule has 1 aromatic carbocycles. The Morgan fingerprint density at radius 1 is 1.24 bits per heavy atom. The van der Waals surface area contributed by atoms with Crippen molar-refractivity contribution in [3.8, 4) is 0 Å². The number of nitrogens with one attached hydrogen (secondary N) is 1. The summed E-state index contributed by atoms with van der Waals surface area (Å²) in [5.74, 6) is 0. The van der Waals surface area contributed by atoms with Gasteiger partial charge in [-0.2, -0.15) is 0 Å². The summed E-state index contributed by atoms with van der Waals surface area (Å²) in [5.41, 5.74) is 1.23. The monoisotopic (exact) mass is 308 g/mol. The summed E-state index contributed by atoms with van der Waals surface area (Å²) in [5, 5.41) is 4.47. The van der Waals surface area contributed by atoms with Gasteiger partial charge in [-0.05, 0) is 51.0 Å². The molecule has 2 rings (SSSR count). The van der Waals surface area contributed by atoms with Crippen LogP contribution in [0.3, 0.4) is 0 Å². The fraction of sp³-hybridized carbons (Fsp3) is 0.667. The molecule has 118 valence electrons. The molecule has 1 aromatic rings. The number of benzene rings is 1. The van der Waals surface area contributed by atoms with E-state index in [2.05, 4.69) is 36.3 Å². The van der Waals surface area contributed by atoms with Gasteiger partial charge in [0, 0.05) is 17.1 Å². The molecule has 1 atom stereocenters. The lowest BCUT2D eigenvalue weighted by atomic mass is 9.94. The first-order valence-corrected chi connectivity index (χ1v) is 8.78. The summed E-state index contributed by atoms with van der Waals surface area (Å²) in [6, 6.07) is 9.36. The molecule has 0 aromatic heterocycles. The van der Waals surface area contributed by atoms with Crippen molar-refractivity contribution in [1.82, 2.24) is 10.2 Å². The van der Waals surface area contributed by atoms with Gasteiger partial charge in [0.1, 0.15) is 0 Å². The van der Waals surface area contributed by atoms with E-state index in [1.807, 2.05) is 12.1 Å². The Kier molecular flexibility index (Phi) is 7.01. The van der Waals surface area contributed by atoms with Crippen LogP contribution in [0.2, 0.25) is 5.02 Å². The highest BCUT2D eigenvalue weighted by atomic mass is 35.5. The molecule has 0 spiro atoms. The first kappa shape index (κ1) is 16.8. The molecule has 3 heteroatoms. The number of hydrogen-bond acceptors (Lipinski definition) is 2. The van der Waals surface area contributed by atoms with Crippen molar-refractivity contribution >= 4 is 11.6 Å². The molecular weight excluding hydrogens is 280 g/mol. The van der Waals surface area contributed by atoms with Gasteiger partial charge in [0.25, 0.3) is 0 Å². The normalized spacial score (nSPS) is 18.1. The van der Waals surface area contributed by atoms with E-state index in [0.717, 1.165) is 30.6 Å². The van der Waals surface area contributed by atoms with Crippen LogP contribution in [-0.2, 0) is 0 Å². The molecule has 0 amide bonds. The number of halogens is 1. The molecule has 1 N–H and O–H groups in total. The lowest BCUT2D eigenvalue weighted by Crippen LogP contribution is -2.36. The molecule has 1 aliphatic carbocycles. The molecule has 0 saturated heterocycles. The van der Waals surface area contributed by atoms with E-state index in [-0.39, 0.29) is 0 Å². The minimum absolute atomic E-state index is 0.356. The predicted octanol–water partition coefficient (Wildman–Crippen LogP) is 4.65. The predicted molar refractivity (Wildman–Crippen MR) is 92.0 cm³/mol. The van der Waals surface area contributed by atoms with Gasteiger partial charge in [-0.3, -0.25) is 0 Å². The summed E-state index contributed by atoms with van der Waals surface area (Å²) in [6.45, 7) is 4.27. The van der Waals surface area contributed by atoms with Crippen molar-refractivity contribution in [2.24, 2.45) is 0 Å². The topological polar surface area (TPSA) is 15.3 Å². The standard InChI is InChI=1S/C18H29ClN2/c1-3-20-18(16-11-7-8-12-17(16)19)13-14-21(2)15-9-5-4-6-10-15/h7-8,11-12,15,18,20H,3-6,9-10,13-14H2,1-2H3. The Hall–Kier alpha value is -0.570. The van der Waals surface area contributed by atoms with E-state index in [0.29, 0.717) is 6.04 Å². The maximum Gasteiger partial charge on any atom is 0.0453 e. The molecule has 1 saturated carbocycles. The fourth-order valence-electron chi connectivity index (χ4n) is 3.41. The second-order valence-corrected chi connectivity index (χ2v) is 6.60. The van der Waals surface area contributed by atoms with Gasteiger partial charge >= 0.3 is 0 Å². The summed E-state index contributed by atoms with van der Waals surface area (Å²) in [4.78, 5) is 2.56. The van der Waals surface area contributed by atoms with E-state index in [1.54, 1.807) is 0 Å². The molecule has 2 nitrogen and oxygen atoms in total. The highest BCUT2D eigenvalue weighted by Crippen LogP contribution is 2.27. The Labute approximate surface area is 134 Å². The third-order valence-electron chi connectivity index (χ3n) is 4.70. The van der Waals surface area contributed by atoms with Crippen LogP contribution in [0.4, 0.5) is 0 Å². The maximum absolute atomic E-state index is 6.37. The smallest absolute Gasteiger partial charge is 0.0453 e. The van der Waals surface area contributed by atoms with E-state index in [4.69, 9.17) is 11.6 Å². The van der Waals surface area contributed by atoms with Crippen LogP contribution < -0.4 is 5.32 Å². The van der Waals surface area contributed by atoms with Gasteiger partial charge in [-0.15, -0.1) is 0 Å². The van der Waals surface area contributed by atoms with Gasteiger partial charge in [-0.25, -0.2) is 0 Å². The van der Waals surface area contributed by atoms with Crippen molar-refractivity contribution in [2.75, 3.05) is 20.1 Å². The van der Waals surface area contributed by atoms with E-state index < -0.39 is 0 Å². The van der Waals surface area contributed by atoms with Crippen LogP contribution in [0.15, 0.2) is 24.3 Å². The molecule has 0 bridgehead atoms. The maximum atomic E-state index is 6.37. The summed E-state index contributed by atoms with van der Waals surface area (Å²) >= 11 is 6.37. The highest BCUT2D eigenvalue weighted by molar-refractivity contribution is 6.31. The lowest BCUT2D eigenvalue weighted by Gasteiger charge is -2.32. The quantitative estimate of drug-likeness (QED) is 0.789. The van der Waals surface area contributed by atoms with Crippen molar-refractivity contribution in [3.63, 3.8) is 0 Å². The minimum Gasteiger partial charge on any atom is -0.310 e. The lowest BCUT2D eigenvalue weighted by molar-refractivity contribution is 0.183. The zero-order valence-electron chi connectivity index (χ0n) is 13.4. The van der Waals surface area contributed by atoms with Crippen molar-refractivity contribution in [2.45, 2.75) is 57.5 Å². The molecule has 1 aliphatic rings. The molecule has 0 aliphatic heterocycles. The van der Waals surface area contributed by atoms with Crippen LogP contribution in [-0.4, -0.2) is 31.1 Å². The van der Waals surface area contributed by atoms with Crippen LogP contribution in [0, 0.1) is 0 Å². The Balaban J connectivity index is 1.92. The first-order valence-electron chi connectivity index (χ1n) is 8.40.